The van der Waals surface area contributed by atoms with Crippen molar-refractivity contribution in [2.24, 2.45) is 0 Å². The van der Waals surface area contributed by atoms with E-state index < -0.39 is 10.0 Å². The van der Waals surface area contributed by atoms with Crippen molar-refractivity contribution < 1.29 is 18.0 Å². The highest BCUT2D eigenvalue weighted by Gasteiger charge is 2.26. The summed E-state index contributed by atoms with van der Waals surface area (Å²) in [7, 11) is -3.22. The smallest absolute Gasteiger partial charge is 0.253 e. The monoisotopic (exact) mass is 353 g/mol. The van der Waals surface area contributed by atoms with E-state index in [1.807, 2.05) is 0 Å². The fraction of sp³-hybridized carbons (Fsp3) is 0.500. The maximum Gasteiger partial charge on any atom is 0.253 e. The highest BCUT2D eigenvalue weighted by molar-refractivity contribution is 7.89. The van der Waals surface area contributed by atoms with Crippen LogP contribution in [0.15, 0.2) is 24.3 Å². The van der Waals surface area contributed by atoms with Gasteiger partial charge in [-0.05, 0) is 38.0 Å². The predicted molar refractivity (Wildman–Crippen MR) is 92.3 cm³/mol. The maximum atomic E-state index is 12.6. The summed E-state index contributed by atoms with van der Waals surface area (Å²) in [5.74, 6) is -0.246. The summed E-state index contributed by atoms with van der Waals surface area (Å²) in [6.07, 6.45) is 1.19. The molecule has 7 nitrogen and oxygen atoms in total. The Kier molecular flexibility index (Phi) is 5.95. The average molecular weight is 353 g/mol. The molecule has 1 saturated heterocycles. The van der Waals surface area contributed by atoms with Crippen molar-refractivity contribution in [3.8, 4) is 0 Å². The minimum absolute atomic E-state index is 0.0576. The second-order valence-electron chi connectivity index (χ2n) is 5.85. The first-order valence-corrected chi connectivity index (χ1v) is 9.63. The Morgan fingerprint density at radius 2 is 1.92 bits per heavy atom. The van der Waals surface area contributed by atoms with Crippen LogP contribution < -0.4 is 10.0 Å². The van der Waals surface area contributed by atoms with Crippen LogP contribution in [-0.2, 0) is 14.8 Å². The van der Waals surface area contributed by atoms with Gasteiger partial charge in [-0.1, -0.05) is 6.07 Å². The summed E-state index contributed by atoms with van der Waals surface area (Å²) in [4.78, 5) is 25.4. The number of hydrogen-bond donors (Lipinski definition) is 2. The first-order valence-electron chi connectivity index (χ1n) is 7.97. The summed E-state index contributed by atoms with van der Waals surface area (Å²) in [6.45, 7) is 4.01. The van der Waals surface area contributed by atoms with Crippen molar-refractivity contribution in [1.29, 1.82) is 0 Å². The van der Waals surface area contributed by atoms with Gasteiger partial charge in [0.1, 0.15) is 0 Å². The normalized spacial score (nSPS) is 16.0. The number of piperidine rings is 1. The molecule has 8 heteroatoms. The topological polar surface area (TPSA) is 95.6 Å². The van der Waals surface area contributed by atoms with E-state index in [0.29, 0.717) is 37.2 Å². The first-order chi connectivity index (χ1) is 11.3. The second kappa shape index (κ2) is 7.76. The van der Waals surface area contributed by atoms with Crippen molar-refractivity contribution in [3.05, 3.63) is 29.8 Å². The van der Waals surface area contributed by atoms with Gasteiger partial charge in [0.15, 0.2) is 0 Å². The Labute approximate surface area is 142 Å². The van der Waals surface area contributed by atoms with Gasteiger partial charge < -0.3 is 10.2 Å². The molecular formula is C16H23N3O4S. The number of rotatable bonds is 5. The van der Waals surface area contributed by atoms with E-state index in [-0.39, 0.29) is 23.6 Å². The number of sulfonamides is 1. The number of amides is 2. The zero-order valence-electron chi connectivity index (χ0n) is 13.9. The largest absolute Gasteiger partial charge is 0.339 e. The van der Waals surface area contributed by atoms with Crippen molar-refractivity contribution in [3.63, 3.8) is 0 Å². The third kappa shape index (κ3) is 5.04. The zero-order chi connectivity index (χ0) is 17.7. The van der Waals surface area contributed by atoms with Gasteiger partial charge in [-0.15, -0.1) is 0 Å². The van der Waals surface area contributed by atoms with E-state index in [0.717, 1.165) is 0 Å². The van der Waals surface area contributed by atoms with Gasteiger partial charge >= 0.3 is 0 Å². The number of hydrogen-bond acceptors (Lipinski definition) is 4. The molecule has 0 spiro atoms. The molecule has 0 unspecified atom stereocenters. The van der Waals surface area contributed by atoms with Crippen LogP contribution in [-0.4, -0.2) is 50.0 Å². The molecule has 0 radical (unpaired) electrons. The zero-order valence-corrected chi connectivity index (χ0v) is 14.7. The summed E-state index contributed by atoms with van der Waals surface area (Å²) in [5, 5.41) is 2.66. The van der Waals surface area contributed by atoms with Crippen molar-refractivity contribution >= 4 is 27.5 Å². The Bertz CT molecular complexity index is 710. The molecule has 2 amide bonds. The quantitative estimate of drug-likeness (QED) is 0.831. The van der Waals surface area contributed by atoms with E-state index >= 15 is 0 Å². The molecule has 2 rings (SSSR count). The fourth-order valence-corrected chi connectivity index (χ4v) is 3.56. The minimum atomic E-state index is -3.22. The third-order valence-corrected chi connectivity index (χ3v) is 5.39. The SMILES string of the molecule is CCS(=O)(=O)NC1CCN(C(=O)c2cccc(NC(C)=O)c2)CC1. The second-order valence-corrected chi connectivity index (χ2v) is 7.89. The highest BCUT2D eigenvalue weighted by atomic mass is 32.2. The average Bonchev–Trinajstić information content (AvgIpc) is 2.54. The Hall–Kier alpha value is -1.93. The standard InChI is InChI=1S/C16H23N3O4S/c1-3-24(22,23)18-14-7-9-19(10-8-14)16(21)13-5-4-6-15(11-13)17-12(2)20/h4-6,11,14,18H,3,7-10H2,1-2H3,(H,17,20). The van der Waals surface area contributed by atoms with Crippen LogP contribution in [0.4, 0.5) is 5.69 Å². The van der Waals surface area contributed by atoms with Crippen molar-refractivity contribution in [2.75, 3.05) is 24.2 Å². The molecule has 1 aliphatic heterocycles. The van der Waals surface area contributed by atoms with Crippen LogP contribution in [0, 0.1) is 0 Å². The van der Waals surface area contributed by atoms with Crippen LogP contribution in [0.3, 0.4) is 0 Å². The number of nitrogens with one attached hydrogen (secondary N) is 2. The molecule has 24 heavy (non-hydrogen) atoms. The predicted octanol–water partition coefficient (Wildman–Crippen LogP) is 1.19. The van der Waals surface area contributed by atoms with Crippen LogP contribution >= 0.6 is 0 Å². The van der Waals surface area contributed by atoms with Gasteiger partial charge in [0.05, 0.1) is 5.75 Å². The lowest BCUT2D eigenvalue weighted by molar-refractivity contribution is -0.114. The molecule has 0 saturated carbocycles. The molecule has 132 valence electrons. The molecule has 0 aromatic heterocycles. The fourth-order valence-electron chi connectivity index (χ4n) is 2.65. The van der Waals surface area contributed by atoms with E-state index in [4.69, 9.17) is 0 Å². The molecule has 0 aliphatic carbocycles. The van der Waals surface area contributed by atoms with Crippen LogP contribution in [0.2, 0.25) is 0 Å². The number of anilines is 1. The van der Waals surface area contributed by atoms with Gasteiger partial charge in [0.25, 0.3) is 5.91 Å². The molecular weight excluding hydrogens is 330 g/mol. The molecule has 1 aliphatic rings. The molecule has 1 heterocycles. The summed E-state index contributed by atoms with van der Waals surface area (Å²) < 4.78 is 25.9. The lowest BCUT2D eigenvalue weighted by Gasteiger charge is -2.32. The van der Waals surface area contributed by atoms with Crippen LogP contribution in [0.5, 0.6) is 0 Å². The van der Waals surface area contributed by atoms with Gasteiger partial charge in [0, 0.05) is 37.3 Å². The van der Waals surface area contributed by atoms with Crippen LogP contribution in [0.1, 0.15) is 37.0 Å². The van der Waals surface area contributed by atoms with Crippen molar-refractivity contribution in [1.82, 2.24) is 9.62 Å². The lowest BCUT2D eigenvalue weighted by atomic mass is 10.0. The van der Waals surface area contributed by atoms with Gasteiger partial charge in [-0.3, -0.25) is 9.59 Å². The molecule has 1 aromatic carbocycles. The van der Waals surface area contributed by atoms with E-state index in [1.165, 1.54) is 6.92 Å². The lowest BCUT2D eigenvalue weighted by Crippen LogP contribution is -2.46. The molecule has 0 bridgehead atoms. The number of likely N-dealkylation sites (tertiary alicyclic amines) is 1. The Morgan fingerprint density at radius 1 is 1.25 bits per heavy atom. The molecule has 2 N–H and O–H groups in total. The van der Waals surface area contributed by atoms with E-state index in [1.54, 1.807) is 36.1 Å². The number of carbonyl (C=O) groups is 2. The number of benzene rings is 1. The van der Waals surface area contributed by atoms with Crippen molar-refractivity contribution in [2.45, 2.75) is 32.7 Å². The highest BCUT2D eigenvalue weighted by Crippen LogP contribution is 2.17. The Morgan fingerprint density at radius 3 is 2.50 bits per heavy atom. The minimum Gasteiger partial charge on any atom is -0.339 e. The van der Waals surface area contributed by atoms with Gasteiger partial charge in [-0.2, -0.15) is 0 Å². The number of carbonyl (C=O) groups excluding carboxylic acids is 2. The van der Waals surface area contributed by atoms with Crippen LogP contribution in [0.25, 0.3) is 0 Å². The Balaban J connectivity index is 1.97. The summed E-state index contributed by atoms with van der Waals surface area (Å²) in [5.41, 5.74) is 1.09. The summed E-state index contributed by atoms with van der Waals surface area (Å²) >= 11 is 0. The first kappa shape index (κ1) is 18.4. The van der Waals surface area contributed by atoms with Gasteiger partial charge in [0.2, 0.25) is 15.9 Å². The third-order valence-electron chi connectivity index (χ3n) is 3.94. The van der Waals surface area contributed by atoms with E-state index in [2.05, 4.69) is 10.0 Å². The maximum absolute atomic E-state index is 12.6. The molecule has 0 atom stereocenters. The van der Waals surface area contributed by atoms with E-state index in [9.17, 15) is 18.0 Å². The number of nitrogens with zero attached hydrogens (tertiary/aromatic N) is 1. The molecule has 1 fully saturated rings. The molecule has 1 aromatic rings. The summed E-state index contributed by atoms with van der Waals surface area (Å²) in [6, 6.07) is 6.68. The van der Waals surface area contributed by atoms with Gasteiger partial charge in [-0.25, -0.2) is 13.1 Å².